The third-order valence-electron chi connectivity index (χ3n) is 7.99. The van der Waals surface area contributed by atoms with E-state index in [0.29, 0.717) is 16.5 Å². The van der Waals surface area contributed by atoms with Gasteiger partial charge in [0.1, 0.15) is 11.8 Å². The molecule has 4 aliphatic rings. The molecule has 0 aromatic heterocycles. The number of halogens is 1. The van der Waals surface area contributed by atoms with Gasteiger partial charge in [-0.1, -0.05) is 60.1 Å². The highest BCUT2D eigenvalue weighted by molar-refractivity contribution is 6.31. The van der Waals surface area contributed by atoms with Crippen LogP contribution < -0.4 is 10.1 Å². The van der Waals surface area contributed by atoms with Crippen LogP contribution in [0.1, 0.15) is 41.0 Å². The van der Waals surface area contributed by atoms with E-state index in [9.17, 15) is 19.2 Å². The molecule has 8 nitrogen and oxygen atoms in total. The van der Waals surface area contributed by atoms with Crippen molar-refractivity contribution in [2.24, 2.45) is 11.8 Å². The molecule has 3 aromatic rings. The van der Waals surface area contributed by atoms with Crippen LogP contribution in [0.25, 0.3) is 0 Å². The molecule has 3 amide bonds. The van der Waals surface area contributed by atoms with Crippen molar-refractivity contribution in [2.75, 3.05) is 19.0 Å². The summed E-state index contributed by atoms with van der Waals surface area (Å²) >= 11 is 6.00. The predicted octanol–water partition coefficient (Wildman–Crippen LogP) is 4.11. The summed E-state index contributed by atoms with van der Waals surface area (Å²) in [6.07, 6.45) is 0. The van der Waals surface area contributed by atoms with Crippen LogP contribution in [0.2, 0.25) is 5.02 Å². The number of imide groups is 1. The van der Waals surface area contributed by atoms with E-state index in [-0.39, 0.29) is 23.7 Å². The van der Waals surface area contributed by atoms with E-state index >= 15 is 0 Å². The van der Waals surface area contributed by atoms with E-state index in [4.69, 9.17) is 21.1 Å². The molecule has 3 aliphatic carbocycles. The van der Waals surface area contributed by atoms with Crippen LogP contribution in [0.5, 0.6) is 5.75 Å². The molecule has 1 aliphatic heterocycles. The maximum Gasteiger partial charge on any atom is 0.329 e. The highest BCUT2D eigenvalue weighted by Gasteiger charge is 2.62. The number of carbonyl (C=O) groups excluding carboxylic acids is 4. The summed E-state index contributed by atoms with van der Waals surface area (Å²) < 4.78 is 10.4. The summed E-state index contributed by atoms with van der Waals surface area (Å²) in [6.45, 7) is 0.847. The SMILES string of the molecule is COc1ccc(Cl)cc1NC(=O)COC(=O)[C@H](C)N1C(=O)[C@@H]2C3c4ccccc4C(c4ccccc43)[C@@H]2C1=O. The molecule has 9 heteroatoms. The lowest BCUT2D eigenvalue weighted by Crippen LogP contribution is -2.45. The fourth-order valence-electron chi connectivity index (χ4n) is 6.41. The number of hydrogen-bond donors (Lipinski definition) is 1. The Hall–Kier alpha value is -4.17. The Balaban J connectivity index is 1.20. The molecule has 0 saturated carbocycles. The molecule has 2 bridgehead atoms. The number of carbonyl (C=O) groups is 4. The van der Waals surface area contributed by atoms with Crippen LogP contribution in [-0.2, 0) is 23.9 Å². The number of ether oxygens (including phenoxy) is 2. The van der Waals surface area contributed by atoms with Gasteiger partial charge in [-0.05, 0) is 47.4 Å². The van der Waals surface area contributed by atoms with Crippen LogP contribution in [0.3, 0.4) is 0 Å². The Morgan fingerprint density at radius 1 is 0.897 bits per heavy atom. The van der Waals surface area contributed by atoms with Gasteiger partial charge in [-0.3, -0.25) is 19.3 Å². The quantitative estimate of drug-likeness (QED) is 0.370. The molecule has 3 atom stereocenters. The van der Waals surface area contributed by atoms with E-state index < -0.39 is 36.4 Å². The minimum absolute atomic E-state index is 0.268. The normalized spacial score (nSPS) is 23.0. The van der Waals surface area contributed by atoms with E-state index in [0.717, 1.165) is 27.2 Å². The van der Waals surface area contributed by atoms with Gasteiger partial charge in [0.15, 0.2) is 6.61 Å². The lowest BCUT2D eigenvalue weighted by atomic mass is 9.55. The van der Waals surface area contributed by atoms with E-state index in [1.165, 1.54) is 20.1 Å². The van der Waals surface area contributed by atoms with Crippen molar-refractivity contribution in [1.29, 1.82) is 0 Å². The average Bonchev–Trinajstić information content (AvgIpc) is 3.21. The Labute approximate surface area is 229 Å². The van der Waals surface area contributed by atoms with Crippen LogP contribution in [-0.4, -0.2) is 48.3 Å². The first-order valence-electron chi connectivity index (χ1n) is 12.7. The fourth-order valence-corrected chi connectivity index (χ4v) is 6.58. The number of benzene rings is 3. The fraction of sp³-hybridized carbons (Fsp3) is 0.267. The molecule has 1 N–H and O–H groups in total. The molecule has 1 heterocycles. The Kier molecular flexibility index (Phi) is 6.14. The maximum absolute atomic E-state index is 13.8. The third-order valence-corrected chi connectivity index (χ3v) is 8.23. The molecule has 0 spiro atoms. The van der Waals surface area contributed by atoms with Crippen molar-refractivity contribution in [1.82, 2.24) is 4.90 Å². The minimum atomic E-state index is -1.19. The van der Waals surface area contributed by atoms with Crippen molar-refractivity contribution in [3.63, 3.8) is 0 Å². The summed E-state index contributed by atoms with van der Waals surface area (Å²) in [5.41, 5.74) is 4.52. The van der Waals surface area contributed by atoms with Gasteiger partial charge in [0.2, 0.25) is 11.8 Å². The first-order chi connectivity index (χ1) is 18.8. The topological polar surface area (TPSA) is 102 Å². The molecular weight excluding hydrogens is 520 g/mol. The lowest BCUT2D eigenvalue weighted by molar-refractivity contribution is -0.159. The molecule has 3 aromatic carbocycles. The van der Waals surface area contributed by atoms with Gasteiger partial charge in [-0.15, -0.1) is 0 Å². The number of hydrogen-bond acceptors (Lipinski definition) is 6. The monoisotopic (exact) mass is 544 g/mol. The Morgan fingerprint density at radius 3 is 1.90 bits per heavy atom. The predicted molar refractivity (Wildman–Crippen MR) is 142 cm³/mol. The van der Waals surface area contributed by atoms with E-state index in [1.54, 1.807) is 12.1 Å². The van der Waals surface area contributed by atoms with E-state index in [1.807, 2.05) is 48.5 Å². The molecule has 0 unspecified atom stereocenters. The molecule has 39 heavy (non-hydrogen) atoms. The number of amides is 3. The average molecular weight is 545 g/mol. The van der Waals surface area contributed by atoms with E-state index in [2.05, 4.69) is 5.32 Å². The number of nitrogens with zero attached hydrogens (tertiary/aromatic N) is 1. The van der Waals surface area contributed by atoms with Crippen molar-refractivity contribution < 1.29 is 28.7 Å². The maximum atomic E-state index is 13.8. The van der Waals surface area contributed by atoms with Crippen molar-refractivity contribution in [2.45, 2.75) is 24.8 Å². The molecule has 198 valence electrons. The zero-order valence-electron chi connectivity index (χ0n) is 21.2. The van der Waals surface area contributed by atoms with Gasteiger partial charge >= 0.3 is 5.97 Å². The second-order valence-corrected chi connectivity index (χ2v) is 10.4. The summed E-state index contributed by atoms with van der Waals surface area (Å²) in [5, 5.41) is 2.98. The molecule has 1 saturated heterocycles. The lowest BCUT2D eigenvalue weighted by Gasteiger charge is -2.45. The van der Waals surface area contributed by atoms with Gasteiger partial charge in [-0.2, -0.15) is 0 Å². The van der Waals surface area contributed by atoms with Gasteiger partial charge in [-0.25, -0.2) is 4.79 Å². The van der Waals surface area contributed by atoms with Crippen LogP contribution in [0.15, 0.2) is 66.7 Å². The Morgan fingerprint density at radius 2 is 1.41 bits per heavy atom. The molecular formula is C30H25ClN2O6. The minimum Gasteiger partial charge on any atom is -0.495 e. The standard InChI is InChI=1S/C30H25ClN2O6/c1-15(30(37)39-14-23(34)32-21-13-16(31)11-12-22(21)38-2)33-28(35)26-24-17-7-3-4-8-18(17)25(27(26)29(33)36)20-10-6-5-9-19(20)24/h3-13,15,24-27H,14H2,1-2H3,(H,32,34)/t15-,24?,25?,26-,27+/m0/s1. The number of likely N-dealkylation sites (tertiary alicyclic amines) is 1. The number of esters is 1. The molecule has 7 rings (SSSR count). The number of nitrogens with one attached hydrogen (secondary N) is 1. The van der Waals surface area contributed by atoms with Gasteiger partial charge in [0.25, 0.3) is 5.91 Å². The van der Waals surface area contributed by atoms with Gasteiger partial charge in [0, 0.05) is 16.9 Å². The number of methoxy groups -OCH3 is 1. The smallest absolute Gasteiger partial charge is 0.329 e. The second kappa shape index (κ2) is 9.54. The third kappa shape index (κ3) is 3.89. The first kappa shape index (κ1) is 25.1. The van der Waals surface area contributed by atoms with Crippen LogP contribution >= 0.6 is 11.6 Å². The van der Waals surface area contributed by atoms with Crippen LogP contribution in [0.4, 0.5) is 5.69 Å². The van der Waals surface area contributed by atoms with Crippen molar-refractivity contribution >= 4 is 41.0 Å². The van der Waals surface area contributed by atoms with Crippen LogP contribution in [0, 0.1) is 11.8 Å². The zero-order valence-corrected chi connectivity index (χ0v) is 22.0. The largest absolute Gasteiger partial charge is 0.495 e. The number of anilines is 1. The van der Waals surface area contributed by atoms with Crippen molar-refractivity contribution in [3.05, 3.63) is 94.0 Å². The highest BCUT2D eigenvalue weighted by Crippen LogP contribution is 2.61. The van der Waals surface area contributed by atoms with Gasteiger partial charge in [0.05, 0.1) is 24.6 Å². The second-order valence-electron chi connectivity index (χ2n) is 9.99. The number of rotatable bonds is 6. The Bertz CT molecular complexity index is 1420. The summed E-state index contributed by atoms with van der Waals surface area (Å²) in [4.78, 5) is 54.1. The first-order valence-corrected chi connectivity index (χ1v) is 13.0. The molecule has 0 radical (unpaired) electrons. The summed E-state index contributed by atoms with van der Waals surface area (Å²) in [7, 11) is 1.45. The summed E-state index contributed by atoms with van der Waals surface area (Å²) in [5.74, 6) is -3.57. The highest BCUT2D eigenvalue weighted by atomic mass is 35.5. The van der Waals surface area contributed by atoms with Crippen molar-refractivity contribution in [3.8, 4) is 5.75 Å². The zero-order chi connectivity index (χ0) is 27.4. The summed E-state index contributed by atoms with van der Waals surface area (Å²) in [6, 6.07) is 19.4. The van der Waals surface area contributed by atoms with Gasteiger partial charge < -0.3 is 14.8 Å². The molecule has 1 fully saturated rings.